The third kappa shape index (κ3) is 3.87. The van der Waals surface area contributed by atoms with Crippen molar-refractivity contribution in [3.05, 3.63) is 25.3 Å². The molecule has 0 radical (unpaired) electrons. The molecule has 0 aromatic carbocycles. The predicted molar refractivity (Wildman–Crippen MR) is 96.7 cm³/mol. The van der Waals surface area contributed by atoms with Crippen molar-refractivity contribution in [2.75, 3.05) is 0 Å². The van der Waals surface area contributed by atoms with E-state index in [1.54, 1.807) is 12.8 Å². The predicted octanol–water partition coefficient (Wildman–Crippen LogP) is 6.78. The number of fused-ring (bicyclic) bond motifs is 1. The van der Waals surface area contributed by atoms with Crippen LogP contribution in [0.2, 0.25) is 0 Å². The minimum Gasteiger partial charge on any atom is -0.103 e. The van der Waals surface area contributed by atoms with Crippen LogP contribution < -0.4 is 0 Å². The molecule has 0 saturated heterocycles. The quantitative estimate of drug-likeness (QED) is 0.491. The van der Waals surface area contributed by atoms with Crippen LogP contribution in [0.4, 0.5) is 0 Å². The van der Waals surface area contributed by atoms with Gasteiger partial charge in [0.15, 0.2) is 0 Å². The number of rotatable bonds is 5. The molecular formula is C22H36. The van der Waals surface area contributed by atoms with Gasteiger partial charge < -0.3 is 0 Å². The van der Waals surface area contributed by atoms with Crippen LogP contribution in [0.5, 0.6) is 0 Å². The molecule has 0 heteroatoms. The topological polar surface area (TPSA) is 0 Å². The molecule has 0 bridgehead atoms. The van der Waals surface area contributed by atoms with Crippen LogP contribution in [0.3, 0.4) is 0 Å². The fraction of sp³-hybridized carbons (Fsp3) is 0.818. The first kappa shape index (κ1) is 16.3. The van der Waals surface area contributed by atoms with Gasteiger partial charge in [-0.3, -0.25) is 0 Å². The van der Waals surface area contributed by atoms with E-state index in [0.717, 1.165) is 35.5 Å². The second kappa shape index (κ2) is 7.84. The molecule has 0 amide bonds. The van der Waals surface area contributed by atoms with Crippen molar-refractivity contribution in [1.29, 1.82) is 0 Å². The number of hydrogen-bond donors (Lipinski definition) is 0. The molecule has 0 aliphatic heterocycles. The Bertz CT molecular complexity index is 344. The van der Waals surface area contributed by atoms with Gasteiger partial charge in [-0.2, -0.15) is 0 Å². The standard InChI is InChI=1S/C22H36/c1-3-5-17-7-11-19(12-8-17)22-15-20-13-9-18(6-4-2)10-14-21(20)16-22/h3-4,17-22H,1-2,5-16H2. The lowest BCUT2D eigenvalue weighted by Gasteiger charge is -2.32. The highest BCUT2D eigenvalue weighted by atomic mass is 14.4. The number of hydrogen-bond acceptors (Lipinski definition) is 0. The molecule has 124 valence electrons. The van der Waals surface area contributed by atoms with Gasteiger partial charge in [-0.05, 0) is 113 Å². The molecule has 3 fully saturated rings. The molecule has 3 rings (SSSR count). The highest BCUT2D eigenvalue weighted by Gasteiger charge is 2.39. The van der Waals surface area contributed by atoms with Crippen LogP contribution in [0, 0.1) is 35.5 Å². The van der Waals surface area contributed by atoms with Crippen LogP contribution in [-0.4, -0.2) is 0 Å². The van der Waals surface area contributed by atoms with Crippen LogP contribution in [-0.2, 0) is 0 Å². The van der Waals surface area contributed by atoms with E-state index in [1.165, 1.54) is 64.2 Å². The molecule has 0 heterocycles. The van der Waals surface area contributed by atoms with Gasteiger partial charge in [0.05, 0.1) is 0 Å². The van der Waals surface area contributed by atoms with Gasteiger partial charge in [0.2, 0.25) is 0 Å². The van der Waals surface area contributed by atoms with Crippen LogP contribution >= 0.6 is 0 Å². The zero-order valence-electron chi connectivity index (χ0n) is 14.5. The average molecular weight is 301 g/mol. The Morgan fingerprint density at radius 1 is 0.545 bits per heavy atom. The molecular weight excluding hydrogens is 264 g/mol. The normalized spacial score (nSPS) is 42.4. The van der Waals surface area contributed by atoms with Crippen molar-refractivity contribution in [2.45, 2.75) is 77.0 Å². The second-order valence-corrected chi connectivity index (χ2v) is 8.60. The molecule has 2 unspecified atom stereocenters. The summed E-state index contributed by atoms with van der Waals surface area (Å²) in [6.45, 7) is 7.87. The van der Waals surface area contributed by atoms with Crippen LogP contribution in [0.1, 0.15) is 77.0 Å². The second-order valence-electron chi connectivity index (χ2n) is 8.60. The lowest BCUT2D eigenvalue weighted by Crippen LogP contribution is -2.20. The van der Waals surface area contributed by atoms with Gasteiger partial charge in [-0.15, -0.1) is 13.2 Å². The summed E-state index contributed by atoms with van der Waals surface area (Å²) in [5.41, 5.74) is 0. The molecule has 0 nitrogen and oxygen atoms in total. The maximum absolute atomic E-state index is 3.94. The maximum Gasteiger partial charge on any atom is -0.0325 e. The van der Waals surface area contributed by atoms with Crippen molar-refractivity contribution < 1.29 is 0 Å². The van der Waals surface area contributed by atoms with Crippen LogP contribution in [0.25, 0.3) is 0 Å². The van der Waals surface area contributed by atoms with Gasteiger partial charge in [0, 0.05) is 0 Å². The third-order valence-corrected chi connectivity index (χ3v) is 7.33. The van der Waals surface area contributed by atoms with Crippen LogP contribution in [0.15, 0.2) is 25.3 Å². The fourth-order valence-corrected chi connectivity index (χ4v) is 6.00. The first-order valence-corrected chi connectivity index (χ1v) is 10.0. The van der Waals surface area contributed by atoms with Crippen molar-refractivity contribution >= 4 is 0 Å². The highest BCUT2D eigenvalue weighted by Crippen LogP contribution is 2.50. The zero-order valence-corrected chi connectivity index (χ0v) is 14.5. The Labute approximate surface area is 138 Å². The summed E-state index contributed by atoms with van der Waals surface area (Å²) in [5, 5.41) is 0. The largest absolute Gasteiger partial charge is 0.103 e. The lowest BCUT2D eigenvalue weighted by molar-refractivity contribution is 0.199. The monoisotopic (exact) mass is 300 g/mol. The molecule has 0 spiro atoms. The first-order chi connectivity index (χ1) is 10.8. The van der Waals surface area contributed by atoms with Gasteiger partial charge in [0.1, 0.15) is 0 Å². The van der Waals surface area contributed by atoms with Gasteiger partial charge >= 0.3 is 0 Å². The van der Waals surface area contributed by atoms with E-state index in [4.69, 9.17) is 0 Å². The zero-order chi connectivity index (χ0) is 15.4. The van der Waals surface area contributed by atoms with E-state index in [1.807, 2.05) is 0 Å². The summed E-state index contributed by atoms with van der Waals surface area (Å²) >= 11 is 0. The van der Waals surface area contributed by atoms with Gasteiger partial charge in [-0.25, -0.2) is 0 Å². The Hall–Kier alpha value is -0.520. The Balaban J connectivity index is 1.47. The SMILES string of the molecule is C=CCC1CCC(C2CC3CCC(CC=C)CCC3C2)CC1. The molecule has 0 N–H and O–H groups in total. The molecule has 0 aromatic heterocycles. The van der Waals surface area contributed by atoms with Gasteiger partial charge in [0.25, 0.3) is 0 Å². The fourth-order valence-electron chi connectivity index (χ4n) is 6.00. The molecule has 3 aliphatic carbocycles. The lowest BCUT2D eigenvalue weighted by atomic mass is 9.74. The van der Waals surface area contributed by atoms with Crippen molar-refractivity contribution in [2.24, 2.45) is 35.5 Å². The van der Waals surface area contributed by atoms with E-state index < -0.39 is 0 Å². The van der Waals surface area contributed by atoms with Crippen molar-refractivity contribution in [3.8, 4) is 0 Å². The summed E-state index contributed by atoms with van der Waals surface area (Å²) in [7, 11) is 0. The molecule has 3 aliphatic rings. The molecule has 2 atom stereocenters. The summed E-state index contributed by atoms with van der Waals surface area (Å²) in [5.74, 6) is 6.21. The van der Waals surface area contributed by atoms with E-state index in [0.29, 0.717) is 0 Å². The van der Waals surface area contributed by atoms with E-state index in [2.05, 4.69) is 25.3 Å². The van der Waals surface area contributed by atoms with Crippen molar-refractivity contribution in [1.82, 2.24) is 0 Å². The minimum absolute atomic E-state index is 0.955. The highest BCUT2D eigenvalue weighted by molar-refractivity contribution is 4.92. The Kier molecular flexibility index (Phi) is 5.83. The summed E-state index contributed by atoms with van der Waals surface area (Å²) in [4.78, 5) is 0. The Morgan fingerprint density at radius 2 is 0.955 bits per heavy atom. The van der Waals surface area contributed by atoms with Crippen molar-refractivity contribution in [3.63, 3.8) is 0 Å². The Morgan fingerprint density at radius 3 is 1.36 bits per heavy atom. The van der Waals surface area contributed by atoms with Gasteiger partial charge in [-0.1, -0.05) is 12.2 Å². The molecule has 22 heavy (non-hydrogen) atoms. The molecule has 3 saturated carbocycles. The van der Waals surface area contributed by atoms with E-state index in [9.17, 15) is 0 Å². The minimum atomic E-state index is 0.955. The summed E-state index contributed by atoms with van der Waals surface area (Å²) in [6, 6.07) is 0. The van der Waals surface area contributed by atoms with E-state index >= 15 is 0 Å². The summed E-state index contributed by atoms with van der Waals surface area (Å²) < 4.78 is 0. The third-order valence-electron chi connectivity index (χ3n) is 7.33. The number of allylic oxidation sites excluding steroid dienone is 2. The molecule has 0 aromatic rings. The first-order valence-electron chi connectivity index (χ1n) is 10.0. The summed E-state index contributed by atoms with van der Waals surface area (Å²) in [6.07, 6.45) is 21.9. The average Bonchev–Trinajstić information content (AvgIpc) is 2.85. The van der Waals surface area contributed by atoms with E-state index in [-0.39, 0.29) is 0 Å². The maximum atomic E-state index is 3.94. The smallest absolute Gasteiger partial charge is 0.0325 e.